The van der Waals surface area contributed by atoms with Crippen LogP contribution in [0.25, 0.3) is 0 Å². The van der Waals surface area contributed by atoms with Crippen LogP contribution in [0.5, 0.6) is 0 Å². The van der Waals surface area contributed by atoms with Gasteiger partial charge in [-0.1, -0.05) is 13.3 Å². The molecule has 6 heteroatoms. The van der Waals surface area contributed by atoms with Gasteiger partial charge in [-0.25, -0.2) is 9.97 Å². The van der Waals surface area contributed by atoms with Crippen molar-refractivity contribution in [2.45, 2.75) is 45.1 Å². The number of aliphatic carboxylic acids is 1. The summed E-state index contributed by atoms with van der Waals surface area (Å²) < 4.78 is 0. The molecule has 0 amide bonds. The quantitative estimate of drug-likeness (QED) is 0.584. The summed E-state index contributed by atoms with van der Waals surface area (Å²) >= 11 is 0. The standard InChI is InChI=1S/C13H22N4O2/c1-2-3-5-10-8-16-13(17-9-10)15-7-4-6-11(14)12(18)19/h8-9,11H,2-7,14H2,1H3,(H,18,19)(H,15,16,17)/t11-/m0/s1. The Hall–Kier alpha value is -1.69. The molecule has 0 aliphatic heterocycles. The van der Waals surface area contributed by atoms with E-state index in [0.29, 0.717) is 25.3 Å². The number of anilines is 1. The van der Waals surface area contributed by atoms with Crippen molar-refractivity contribution in [3.05, 3.63) is 18.0 Å². The molecule has 0 saturated heterocycles. The molecule has 1 aromatic rings. The maximum atomic E-state index is 10.5. The van der Waals surface area contributed by atoms with Crippen LogP contribution >= 0.6 is 0 Å². The van der Waals surface area contributed by atoms with Crippen molar-refractivity contribution in [2.24, 2.45) is 5.73 Å². The van der Waals surface area contributed by atoms with E-state index < -0.39 is 12.0 Å². The van der Waals surface area contributed by atoms with E-state index in [1.165, 1.54) is 0 Å². The third-order valence-corrected chi connectivity index (χ3v) is 2.82. The van der Waals surface area contributed by atoms with Crippen molar-refractivity contribution in [1.82, 2.24) is 9.97 Å². The maximum absolute atomic E-state index is 10.5. The Labute approximate surface area is 113 Å². The summed E-state index contributed by atoms with van der Waals surface area (Å²) in [6, 6.07) is -0.792. The predicted octanol–water partition coefficient (Wildman–Crippen LogP) is 1.42. The molecule has 1 aromatic heterocycles. The zero-order valence-electron chi connectivity index (χ0n) is 11.3. The number of nitrogens with one attached hydrogen (secondary N) is 1. The topological polar surface area (TPSA) is 101 Å². The summed E-state index contributed by atoms with van der Waals surface area (Å²) in [7, 11) is 0. The van der Waals surface area contributed by atoms with Gasteiger partial charge in [-0.3, -0.25) is 4.79 Å². The van der Waals surface area contributed by atoms with Gasteiger partial charge in [0.15, 0.2) is 0 Å². The lowest BCUT2D eigenvalue weighted by atomic mass is 10.1. The average Bonchev–Trinajstić information content (AvgIpc) is 2.42. The van der Waals surface area contributed by atoms with Gasteiger partial charge in [0.25, 0.3) is 0 Å². The first kappa shape index (κ1) is 15.4. The van der Waals surface area contributed by atoms with Gasteiger partial charge in [-0.05, 0) is 31.2 Å². The number of carboxylic acid groups (broad SMARTS) is 1. The van der Waals surface area contributed by atoms with Gasteiger partial charge < -0.3 is 16.2 Å². The minimum Gasteiger partial charge on any atom is -0.480 e. The fraction of sp³-hybridized carbons (Fsp3) is 0.615. The normalized spacial score (nSPS) is 12.1. The van der Waals surface area contributed by atoms with E-state index in [9.17, 15) is 4.79 Å². The molecule has 6 nitrogen and oxygen atoms in total. The van der Waals surface area contributed by atoms with E-state index in [1.54, 1.807) is 0 Å². The average molecular weight is 266 g/mol. The van der Waals surface area contributed by atoms with E-state index in [4.69, 9.17) is 10.8 Å². The molecule has 0 bridgehead atoms. The van der Waals surface area contributed by atoms with Crippen molar-refractivity contribution < 1.29 is 9.90 Å². The van der Waals surface area contributed by atoms with Crippen LogP contribution in [0.15, 0.2) is 12.4 Å². The number of carboxylic acids is 1. The molecule has 0 radical (unpaired) electrons. The molecular formula is C13H22N4O2. The second kappa shape index (κ2) is 8.42. The number of aryl methyl sites for hydroxylation is 1. The molecule has 1 heterocycles. The molecular weight excluding hydrogens is 244 g/mol. The number of carbonyl (C=O) groups is 1. The van der Waals surface area contributed by atoms with Gasteiger partial charge in [0, 0.05) is 18.9 Å². The molecule has 0 aliphatic rings. The summed E-state index contributed by atoms with van der Waals surface area (Å²) in [6.45, 7) is 2.77. The highest BCUT2D eigenvalue weighted by Gasteiger charge is 2.10. The molecule has 4 N–H and O–H groups in total. The molecule has 0 fully saturated rings. The van der Waals surface area contributed by atoms with Crippen LogP contribution in [0.4, 0.5) is 5.95 Å². The molecule has 0 aromatic carbocycles. The van der Waals surface area contributed by atoms with Crippen molar-refractivity contribution >= 4 is 11.9 Å². The number of aromatic nitrogens is 2. The van der Waals surface area contributed by atoms with Crippen LogP contribution in [0.2, 0.25) is 0 Å². The van der Waals surface area contributed by atoms with E-state index >= 15 is 0 Å². The number of unbranched alkanes of at least 4 members (excludes halogenated alkanes) is 1. The Morgan fingerprint density at radius 3 is 2.68 bits per heavy atom. The Morgan fingerprint density at radius 1 is 1.42 bits per heavy atom. The highest BCUT2D eigenvalue weighted by atomic mass is 16.4. The Balaban J connectivity index is 2.24. The molecule has 1 atom stereocenters. The minimum atomic E-state index is -0.962. The molecule has 0 saturated carbocycles. The molecule has 19 heavy (non-hydrogen) atoms. The summed E-state index contributed by atoms with van der Waals surface area (Å²) in [5.41, 5.74) is 6.54. The summed E-state index contributed by atoms with van der Waals surface area (Å²) in [4.78, 5) is 18.9. The highest BCUT2D eigenvalue weighted by molar-refractivity contribution is 5.72. The lowest BCUT2D eigenvalue weighted by Crippen LogP contribution is -2.30. The number of nitrogens with zero attached hydrogens (tertiary/aromatic N) is 2. The van der Waals surface area contributed by atoms with Crippen LogP contribution in [0.3, 0.4) is 0 Å². The van der Waals surface area contributed by atoms with Crippen LogP contribution in [-0.2, 0) is 11.2 Å². The monoisotopic (exact) mass is 266 g/mol. The number of rotatable bonds is 9. The predicted molar refractivity (Wildman–Crippen MR) is 74.0 cm³/mol. The number of hydrogen-bond acceptors (Lipinski definition) is 5. The van der Waals surface area contributed by atoms with Crippen LogP contribution < -0.4 is 11.1 Å². The molecule has 106 valence electrons. The van der Waals surface area contributed by atoms with Crippen LogP contribution in [-0.4, -0.2) is 33.6 Å². The smallest absolute Gasteiger partial charge is 0.320 e. The van der Waals surface area contributed by atoms with Crippen molar-refractivity contribution in [1.29, 1.82) is 0 Å². The third kappa shape index (κ3) is 6.15. The van der Waals surface area contributed by atoms with Gasteiger partial charge in [0.1, 0.15) is 6.04 Å². The van der Waals surface area contributed by atoms with Gasteiger partial charge in [0.05, 0.1) is 0 Å². The zero-order chi connectivity index (χ0) is 14.1. The highest BCUT2D eigenvalue weighted by Crippen LogP contribution is 2.05. The third-order valence-electron chi connectivity index (χ3n) is 2.82. The van der Waals surface area contributed by atoms with Crippen LogP contribution in [0.1, 0.15) is 38.2 Å². The summed E-state index contributed by atoms with van der Waals surface area (Å²) in [6.07, 6.45) is 8.07. The largest absolute Gasteiger partial charge is 0.480 e. The SMILES string of the molecule is CCCCc1cnc(NCCC[C@H](N)C(=O)O)nc1. The first-order chi connectivity index (χ1) is 9.13. The Morgan fingerprint density at radius 2 is 2.11 bits per heavy atom. The second-order valence-electron chi connectivity index (χ2n) is 4.53. The first-order valence-electron chi connectivity index (χ1n) is 6.66. The number of nitrogens with two attached hydrogens (primary N) is 1. The van der Waals surface area contributed by atoms with Gasteiger partial charge in [-0.2, -0.15) is 0 Å². The van der Waals surface area contributed by atoms with Gasteiger partial charge in [-0.15, -0.1) is 0 Å². The Bertz CT molecular complexity index is 381. The number of hydrogen-bond donors (Lipinski definition) is 3. The lowest BCUT2D eigenvalue weighted by Gasteiger charge is -2.07. The zero-order valence-corrected chi connectivity index (χ0v) is 11.3. The fourth-order valence-corrected chi connectivity index (χ4v) is 1.60. The van der Waals surface area contributed by atoms with E-state index in [1.807, 2.05) is 12.4 Å². The lowest BCUT2D eigenvalue weighted by molar-refractivity contribution is -0.138. The molecule has 0 unspecified atom stereocenters. The molecule has 0 spiro atoms. The van der Waals surface area contributed by atoms with E-state index in [0.717, 1.165) is 24.8 Å². The summed E-state index contributed by atoms with van der Waals surface area (Å²) in [5.74, 6) is -0.388. The van der Waals surface area contributed by atoms with Crippen molar-refractivity contribution in [3.8, 4) is 0 Å². The van der Waals surface area contributed by atoms with E-state index in [-0.39, 0.29) is 0 Å². The first-order valence-corrected chi connectivity index (χ1v) is 6.66. The minimum absolute atomic E-state index is 0.441. The fourth-order valence-electron chi connectivity index (χ4n) is 1.60. The molecule has 1 rings (SSSR count). The van der Waals surface area contributed by atoms with Gasteiger partial charge >= 0.3 is 5.97 Å². The van der Waals surface area contributed by atoms with Crippen molar-refractivity contribution in [2.75, 3.05) is 11.9 Å². The Kier molecular flexibility index (Phi) is 6.81. The van der Waals surface area contributed by atoms with Crippen molar-refractivity contribution in [3.63, 3.8) is 0 Å². The van der Waals surface area contributed by atoms with Gasteiger partial charge in [0.2, 0.25) is 5.95 Å². The van der Waals surface area contributed by atoms with Crippen LogP contribution in [0, 0.1) is 0 Å². The van der Waals surface area contributed by atoms with E-state index in [2.05, 4.69) is 22.2 Å². The molecule has 0 aliphatic carbocycles. The summed E-state index contributed by atoms with van der Waals surface area (Å²) in [5, 5.41) is 11.7. The maximum Gasteiger partial charge on any atom is 0.320 e. The second-order valence-corrected chi connectivity index (χ2v) is 4.53.